The van der Waals surface area contributed by atoms with E-state index in [1.807, 2.05) is 24.3 Å². The van der Waals surface area contributed by atoms with Crippen LogP contribution >= 0.6 is 0 Å². The van der Waals surface area contributed by atoms with Gasteiger partial charge >= 0.3 is 0 Å². The van der Waals surface area contributed by atoms with E-state index in [9.17, 15) is 9.18 Å². The van der Waals surface area contributed by atoms with E-state index >= 15 is 0 Å². The lowest BCUT2D eigenvalue weighted by Gasteiger charge is -2.05. The first-order chi connectivity index (χ1) is 14.6. The fourth-order valence-corrected chi connectivity index (χ4v) is 3.02. The van der Waals surface area contributed by atoms with Crippen LogP contribution in [0.1, 0.15) is 11.1 Å². The molecule has 0 aliphatic rings. The first-order valence-electron chi connectivity index (χ1n) is 9.15. The van der Waals surface area contributed by atoms with Gasteiger partial charge in [0.25, 0.3) is 0 Å². The molecule has 30 heavy (non-hydrogen) atoms. The van der Waals surface area contributed by atoms with Gasteiger partial charge in [-0.15, -0.1) is 5.10 Å². The summed E-state index contributed by atoms with van der Waals surface area (Å²) in [6.45, 7) is 0.550. The Balaban J connectivity index is 1.42. The second-order valence-corrected chi connectivity index (χ2v) is 6.61. The van der Waals surface area contributed by atoms with Gasteiger partial charge in [0.2, 0.25) is 5.91 Å². The maximum absolute atomic E-state index is 13.2. The smallest absolute Gasteiger partial charge is 0.248 e. The van der Waals surface area contributed by atoms with Crippen molar-refractivity contribution in [3.8, 4) is 11.3 Å². The van der Waals surface area contributed by atoms with E-state index in [0.29, 0.717) is 12.2 Å². The Kier molecular flexibility index (Phi) is 5.42. The topological polar surface area (TPSA) is 90.5 Å². The van der Waals surface area contributed by atoms with Crippen molar-refractivity contribution < 1.29 is 9.18 Å². The Hall–Kier alpha value is -4.14. The summed E-state index contributed by atoms with van der Waals surface area (Å²) >= 11 is 0. The summed E-state index contributed by atoms with van der Waals surface area (Å²) in [4.78, 5) is 12.3. The first-order valence-corrected chi connectivity index (χ1v) is 9.15. The van der Waals surface area contributed by atoms with Crippen molar-refractivity contribution in [1.29, 1.82) is 0 Å². The van der Waals surface area contributed by atoms with Crippen LogP contribution in [0.25, 0.3) is 17.3 Å². The summed E-state index contributed by atoms with van der Waals surface area (Å²) in [5.74, 6) is -0.571. The van der Waals surface area contributed by atoms with Crippen LogP contribution in [0.2, 0.25) is 0 Å². The minimum Gasteiger partial charge on any atom is -0.323 e. The molecule has 0 aliphatic heterocycles. The zero-order valence-electron chi connectivity index (χ0n) is 16.1. The molecule has 9 heteroatoms. The van der Waals surface area contributed by atoms with E-state index in [1.54, 1.807) is 47.1 Å². The average molecular weight is 403 g/mol. The van der Waals surface area contributed by atoms with Crippen LogP contribution in [-0.2, 0) is 18.4 Å². The molecule has 0 saturated heterocycles. The zero-order valence-corrected chi connectivity index (χ0v) is 16.1. The van der Waals surface area contributed by atoms with Gasteiger partial charge in [-0.2, -0.15) is 5.10 Å². The van der Waals surface area contributed by atoms with Gasteiger partial charge in [-0.05, 0) is 58.5 Å². The molecule has 4 aromatic rings. The standard InChI is InChI=1S/C21H18FN7O/c1-28-21(16-4-7-18(22)8-5-16)17(12-24-28)6-11-20(30)25-19-9-2-15(3-10-19)13-29-14-23-26-27-29/h2-12,14H,13H2,1H3,(H,25,30)/b11-6+. The molecule has 2 aromatic heterocycles. The van der Waals surface area contributed by atoms with Gasteiger partial charge < -0.3 is 5.32 Å². The van der Waals surface area contributed by atoms with Crippen molar-refractivity contribution in [3.63, 3.8) is 0 Å². The number of aryl methyl sites for hydroxylation is 1. The number of amides is 1. The lowest BCUT2D eigenvalue weighted by molar-refractivity contribution is -0.111. The number of hydrogen-bond donors (Lipinski definition) is 1. The quantitative estimate of drug-likeness (QED) is 0.500. The minimum absolute atomic E-state index is 0.267. The molecule has 2 heterocycles. The maximum Gasteiger partial charge on any atom is 0.248 e. The molecule has 1 N–H and O–H groups in total. The zero-order chi connectivity index (χ0) is 20.9. The lowest BCUT2D eigenvalue weighted by Crippen LogP contribution is -2.08. The lowest BCUT2D eigenvalue weighted by atomic mass is 10.1. The van der Waals surface area contributed by atoms with E-state index < -0.39 is 0 Å². The molecular weight excluding hydrogens is 385 g/mol. The number of benzene rings is 2. The predicted octanol–water partition coefficient (Wildman–Crippen LogP) is 2.91. The number of tetrazole rings is 1. The van der Waals surface area contributed by atoms with Gasteiger partial charge in [-0.3, -0.25) is 9.48 Å². The van der Waals surface area contributed by atoms with Crippen molar-refractivity contribution in [3.05, 3.63) is 84.1 Å². The fourth-order valence-electron chi connectivity index (χ4n) is 3.02. The van der Waals surface area contributed by atoms with Crippen molar-refractivity contribution >= 4 is 17.7 Å². The first kappa shape index (κ1) is 19.2. The molecule has 0 bridgehead atoms. The SMILES string of the molecule is Cn1ncc(/C=C/C(=O)Nc2ccc(Cn3cnnn3)cc2)c1-c1ccc(F)cc1. The highest BCUT2D eigenvalue weighted by Crippen LogP contribution is 2.24. The Morgan fingerprint density at radius 3 is 2.60 bits per heavy atom. The van der Waals surface area contributed by atoms with Gasteiger partial charge in [0.15, 0.2) is 0 Å². The second-order valence-electron chi connectivity index (χ2n) is 6.61. The Labute approximate surface area is 171 Å². The molecular formula is C21H18FN7O. The molecule has 0 unspecified atom stereocenters. The number of aromatic nitrogens is 6. The number of rotatable bonds is 6. The summed E-state index contributed by atoms with van der Waals surface area (Å²) in [5.41, 5.74) is 4.06. The number of nitrogens with one attached hydrogen (secondary N) is 1. The number of anilines is 1. The van der Waals surface area contributed by atoms with Gasteiger partial charge in [-0.25, -0.2) is 9.07 Å². The molecule has 1 amide bonds. The Bertz CT molecular complexity index is 1160. The van der Waals surface area contributed by atoms with Gasteiger partial charge in [0.05, 0.1) is 18.4 Å². The van der Waals surface area contributed by atoms with Gasteiger partial charge in [0, 0.05) is 29.9 Å². The Morgan fingerprint density at radius 1 is 1.13 bits per heavy atom. The number of carbonyl (C=O) groups excluding carboxylic acids is 1. The largest absolute Gasteiger partial charge is 0.323 e. The van der Waals surface area contributed by atoms with Crippen LogP contribution in [0.3, 0.4) is 0 Å². The van der Waals surface area contributed by atoms with Crippen molar-refractivity contribution in [2.45, 2.75) is 6.54 Å². The second kappa shape index (κ2) is 8.48. The molecule has 4 rings (SSSR count). The van der Waals surface area contributed by atoms with E-state index in [4.69, 9.17) is 0 Å². The Morgan fingerprint density at radius 2 is 1.90 bits per heavy atom. The van der Waals surface area contributed by atoms with E-state index in [-0.39, 0.29) is 11.7 Å². The molecule has 2 aromatic carbocycles. The van der Waals surface area contributed by atoms with Crippen LogP contribution in [-0.4, -0.2) is 35.9 Å². The van der Waals surface area contributed by atoms with Crippen molar-refractivity contribution in [2.24, 2.45) is 7.05 Å². The third-order valence-corrected chi connectivity index (χ3v) is 4.46. The van der Waals surface area contributed by atoms with E-state index in [0.717, 1.165) is 22.4 Å². The molecule has 0 atom stereocenters. The third kappa shape index (κ3) is 4.46. The highest BCUT2D eigenvalue weighted by molar-refractivity contribution is 6.02. The molecule has 0 spiro atoms. The van der Waals surface area contributed by atoms with Gasteiger partial charge in [-0.1, -0.05) is 12.1 Å². The third-order valence-electron chi connectivity index (χ3n) is 4.46. The monoisotopic (exact) mass is 403 g/mol. The van der Waals surface area contributed by atoms with E-state index in [1.165, 1.54) is 18.2 Å². The van der Waals surface area contributed by atoms with Crippen molar-refractivity contribution in [1.82, 2.24) is 30.0 Å². The highest BCUT2D eigenvalue weighted by Gasteiger charge is 2.09. The number of nitrogens with zero attached hydrogens (tertiary/aromatic N) is 6. The van der Waals surface area contributed by atoms with E-state index in [2.05, 4.69) is 25.9 Å². The van der Waals surface area contributed by atoms with Crippen LogP contribution in [0.5, 0.6) is 0 Å². The number of carbonyl (C=O) groups is 1. The van der Waals surface area contributed by atoms with Crippen LogP contribution in [0, 0.1) is 5.82 Å². The van der Waals surface area contributed by atoms with Crippen LogP contribution in [0.4, 0.5) is 10.1 Å². The normalized spacial score (nSPS) is 11.1. The summed E-state index contributed by atoms with van der Waals surface area (Å²) < 4.78 is 16.5. The van der Waals surface area contributed by atoms with Crippen LogP contribution < -0.4 is 5.32 Å². The molecule has 0 radical (unpaired) electrons. The highest BCUT2D eigenvalue weighted by atomic mass is 19.1. The van der Waals surface area contributed by atoms with Crippen LogP contribution in [0.15, 0.2) is 67.1 Å². The maximum atomic E-state index is 13.2. The molecule has 0 aliphatic carbocycles. The summed E-state index contributed by atoms with van der Waals surface area (Å²) in [7, 11) is 1.80. The summed E-state index contributed by atoms with van der Waals surface area (Å²) in [6.07, 6.45) is 6.33. The minimum atomic E-state index is -0.304. The molecule has 0 saturated carbocycles. The molecule has 8 nitrogen and oxygen atoms in total. The average Bonchev–Trinajstić information content (AvgIpc) is 3.38. The number of hydrogen-bond acceptors (Lipinski definition) is 5. The molecule has 0 fully saturated rings. The predicted molar refractivity (Wildman–Crippen MR) is 110 cm³/mol. The summed E-state index contributed by atoms with van der Waals surface area (Å²) in [6, 6.07) is 13.6. The fraction of sp³-hybridized carbons (Fsp3) is 0.0952. The van der Waals surface area contributed by atoms with Crippen molar-refractivity contribution in [2.75, 3.05) is 5.32 Å². The van der Waals surface area contributed by atoms with Gasteiger partial charge in [0.1, 0.15) is 12.1 Å². The number of halogens is 1. The summed E-state index contributed by atoms with van der Waals surface area (Å²) in [5, 5.41) is 18.1. The molecule has 150 valence electrons.